The summed E-state index contributed by atoms with van der Waals surface area (Å²) in [6.07, 6.45) is 3.35. The van der Waals surface area contributed by atoms with Gasteiger partial charge in [0, 0.05) is 16.0 Å². The molecule has 28 heavy (non-hydrogen) atoms. The number of allylic oxidation sites excluding steroid dienone is 2. The van der Waals surface area contributed by atoms with Crippen LogP contribution in [0.3, 0.4) is 0 Å². The molecule has 1 aliphatic rings. The lowest BCUT2D eigenvalue weighted by molar-refractivity contribution is -0.145. The number of halogens is 3. The van der Waals surface area contributed by atoms with Gasteiger partial charge in [0.15, 0.2) is 5.78 Å². The molecule has 0 spiro atoms. The standard InChI is InChI=1S/C20H21Cl3O5/c1-3-5-20(6-4-10(2)21)9-11-7-12(13(19(27)28)8-14(24)25)16(22)17(23)15(11)18(20)26/h4,7,13H,3,5-6,8-9H2,1-2H3,(H,24,25)(H,27,28). The Morgan fingerprint density at radius 3 is 2.43 bits per heavy atom. The quantitative estimate of drug-likeness (QED) is 0.534. The SMILES string of the molecule is CCCC1(CC=C(C)Cl)Cc2cc(C(CC(=O)O)C(=O)O)c(Cl)c(Cl)c2C1=O. The average Bonchev–Trinajstić information content (AvgIpc) is 2.87. The molecule has 0 radical (unpaired) electrons. The summed E-state index contributed by atoms with van der Waals surface area (Å²) in [5, 5.41) is 19.0. The fourth-order valence-electron chi connectivity index (χ4n) is 3.84. The van der Waals surface area contributed by atoms with Crippen molar-refractivity contribution >= 4 is 52.5 Å². The van der Waals surface area contributed by atoms with Crippen LogP contribution in [0.25, 0.3) is 0 Å². The van der Waals surface area contributed by atoms with Gasteiger partial charge >= 0.3 is 11.9 Å². The molecule has 0 saturated carbocycles. The number of Topliss-reactive ketones (excluding diaryl/α,β-unsaturated/α-hetero) is 1. The first-order valence-electron chi connectivity index (χ1n) is 8.86. The molecule has 0 heterocycles. The number of rotatable bonds is 8. The highest BCUT2D eigenvalue weighted by molar-refractivity contribution is 6.45. The highest BCUT2D eigenvalue weighted by Crippen LogP contribution is 2.49. The van der Waals surface area contributed by atoms with Crippen LogP contribution in [0, 0.1) is 5.41 Å². The van der Waals surface area contributed by atoms with Crippen LogP contribution in [0.4, 0.5) is 0 Å². The highest BCUT2D eigenvalue weighted by atomic mass is 35.5. The smallest absolute Gasteiger partial charge is 0.311 e. The van der Waals surface area contributed by atoms with E-state index >= 15 is 0 Å². The van der Waals surface area contributed by atoms with Crippen LogP contribution < -0.4 is 0 Å². The van der Waals surface area contributed by atoms with Crippen molar-refractivity contribution in [3.05, 3.63) is 43.9 Å². The molecule has 0 bridgehead atoms. The van der Waals surface area contributed by atoms with Crippen molar-refractivity contribution in [1.82, 2.24) is 0 Å². The van der Waals surface area contributed by atoms with Crippen LogP contribution in [0.1, 0.15) is 66.9 Å². The summed E-state index contributed by atoms with van der Waals surface area (Å²) < 4.78 is 0. The van der Waals surface area contributed by atoms with Gasteiger partial charge < -0.3 is 10.2 Å². The summed E-state index contributed by atoms with van der Waals surface area (Å²) in [5.74, 6) is -4.07. The summed E-state index contributed by atoms with van der Waals surface area (Å²) in [6.45, 7) is 3.71. The van der Waals surface area contributed by atoms with E-state index in [1.807, 2.05) is 6.92 Å². The zero-order valence-corrected chi connectivity index (χ0v) is 17.8. The second-order valence-corrected chi connectivity index (χ2v) is 8.50. The Morgan fingerprint density at radius 1 is 1.29 bits per heavy atom. The minimum absolute atomic E-state index is 0.0136. The van der Waals surface area contributed by atoms with Gasteiger partial charge in [-0.3, -0.25) is 14.4 Å². The molecule has 2 rings (SSSR count). The van der Waals surface area contributed by atoms with Crippen molar-refractivity contribution in [2.75, 3.05) is 0 Å². The predicted molar refractivity (Wildman–Crippen MR) is 109 cm³/mol. The van der Waals surface area contributed by atoms with Crippen molar-refractivity contribution in [2.24, 2.45) is 5.41 Å². The van der Waals surface area contributed by atoms with Crippen LogP contribution in [-0.2, 0) is 16.0 Å². The van der Waals surface area contributed by atoms with Gasteiger partial charge in [0.05, 0.1) is 22.4 Å². The Hall–Kier alpha value is -1.56. The Bertz CT molecular complexity index is 858. The number of carboxylic acids is 2. The highest BCUT2D eigenvalue weighted by Gasteiger charge is 2.46. The molecule has 1 aliphatic carbocycles. The molecule has 0 saturated heterocycles. The Kier molecular flexibility index (Phi) is 7.18. The molecule has 1 aromatic rings. The van der Waals surface area contributed by atoms with Gasteiger partial charge in [0.2, 0.25) is 0 Å². The maximum Gasteiger partial charge on any atom is 0.311 e. The lowest BCUT2D eigenvalue weighted by Gasteiger charge is -2.25. The summed E-state index contributed by atoms with van der Waals surface area (Å²) in [4.78, 5) is 36.0. The average molecular weight is 448 g/mol. The molecular formula is C20H21Cl3O5. The van der Waals surface area contributed by atoms with E-state index in [9.17, 15) is 19.5 Å². The van der Waals surface area contributed by atoms with Gasteiger partial charge in [-0.25, -0.2) is 0 Å². The van der Waals surface area contributed by atoms with E-state index in [0.29, 0.717) is 35.4 Å². The number of hydrogen-bond donors (Lipinski definition) is 2. The van der Waals surface area contributed by atoms with Gasteiger partial charge in [-0.15, -0.1) is 0 Å². The van der Waals surface area contributed by atoms with E-state index in [1.54, 1.807) is 13.0 Å². The van der Waals surface area contributed by atoms with Crippen molar-refractivity contribution in [1.29, 1.82) is 0 Å². The van der Waals surface area contributed by atoms with Crippen molar-refractivity contribution in [3.63, 3.8) is 0 Å². The van der Waals surface area contributed by atoms with E-state index < -0.39 is 29.7 Å². The van der Waals surface area contributed by atoms with Crippen LogP contribution in [0.15, 0.2) is 17.2 Å². The van der Waals surface area contributed by atoms with Crippen molar-refractivity contribution in [2.45, 2.75) is 51.9 Å². The fourth-order valence-corrected chi connectivity index (χ4v) is 4.51. The predicted octanol–water partition coefficient (Wildman–Crippen LogP) is 5.69. The van der Waals surface area contributed by atoms with E-state index in [0.717, 1.165) is 6.42 Å². The first-order valence-corrected chi connectivity index (χ1v) is 10.00. The van der Waals surface area contributed by atoms with Gasteiger partial charge in [0.25, 0.3) is 0 Å². The molecule has 0 aromatic heterocycles. The van der Waals surface area contributed by atoms with Crippen LogP contribution in [0.5, 0.6) is 0 Å². The van der Waals surface area contributed by atoms with E-state index in [2.05, 4.69) is 0 Å². The largest absolute Gasteiger partial charge is 0.481 e. The van der Waals surface area contributed by atoms with Gasteiger partial charge in [0.1, 0.15) is 0 Å². The molecule has 0 aliphatic heterocycles. The van der Waals surface area contributed by atoms with Gasteiger partial charge in [-0.05, 0) is 37.3 Å². The molecule has 152 valence electrons. The molecule has 2 N–H and O–H groups in total. The molecule has 0 amide bonds. The van der Waals surface area contributed by atoms with E-state index in [-0.39, 0.29) is 21.4 Å². The lowest BCUT2D eigenvalue weighted by Crippen LogP contribution is -2.27. The summed E-state index contributed by atoms with van der Waals surface area (Å²) >= 11 is 18.6. The third-order valence-electron chi connectivity index (χ3n) is 5.11. The monoisotopic (exact) mass is 446 g/mol. The number of carbonyl (C=O) groups excluding carboxylic acids is 1. The first-order chi connectivity index (χ1) is 13.0. The fraction of sp³-hybridized carbons (Fsp3) is 0.450. The minimum Gasteiger partial charge on any atom is -0.481 e. The molecular weight excluding hydrogens is 427 g/mol. The normalized spacial score (nSPS) is 20.2. The number of hydrogen-bond acceptors (Lipinski definition) is 3. The second-order valence-electron chi connectivity index (χ2n) is 7.15. The zero-order valence-electron chi connectivity index (χ0n) is 15.5. The van der Waals surface area contributed by atoms with Crippen LogP contribution >= 0.6 is 34.8 Å². The first kappa shape index (κ1) is 22.7. The maximum absolute atomic E-state index is 13.3. The number of aliphatic carboxylic acids is 2. The maximum atomic E-state index is 13.3. The number of carbonyl (C=O) groups is 3. The minimum atomic E-state index is -1.35. The Balaban J connectivity index is 2.60. The molecule has 8 heteroatoms. The second kappa shape index (κ2) is 8.85. The van der Waals surface area contributed by atoms with Crippen molar-refractivity contribution in [3.8, 4) is 0 Å². The lowest BCUT2D eigenvalue weighted by atomic mass is 9.76. The number of ketones is 1. The van der Waals surface area contributed by atoms with Crippen LogP contribution in [0.2, 0.25) is 10.0 Å². The number of carboxylic acid groups (broad SMARTS) is 2. The third-order valence-corrected chi connectivity index (χ3v) is 6.15. The molecule has 0 fully saturated rings. The van der Waals surface area contributed by atoms with Crippen molar-refractivity contribution < 1.29 is 24.6 Å². The molecule has 2 atom stereocenters. The number of fused-ring (bicyclic) bond motifs is 1. The number of benzene rings is 1. The summed E-state index contributed by atoms with van der Waals surface area (Å²) in [5.41, 5.74) is 0.290. The molecule has 5 nitrogen and oxygen atoms in total. The Morgan fingerprint density at radius 2 is 1.93 bits per heavy atom. The van der Waals surface area contributed by atoms with E-state index in [1.165, 1.54) is 6.07 Å². The molecule has 1 aromatic carbocycles. The van der Waals surface area contributed by atoms with Gasteiger partial charge in [-0.2, -0.15) is 0 Å². The topological polar surface area (TPSA) is 91.7 Å². The van der Waals surface area contributed by atoms with Gasteiger partial charge in [-0.1, -0.05) is 60.3 Å². The summed E-state index contributed by atoms with van der Waals surface area (Å²) in [7, 11) is 0. The Labute approximate surface area is 178 Å². The molecule has 2 unspecified atom stereocenters. The third kappa shape index (κ3) is 4.37. The van der Waals surface area contributed by atoms with Crippen LogP contribution in [-0.4, -0.2) is 27.9 Å². The van der Waals surface area contributed by atoms with E-state index in [4.69, 9.17) is 39.9 Å². The summed E-state index contributed by atoms with van der Waals surface area (Å²) in [6, 6.07) is 1.53. The zero-order chi connectivity index (χ0) is 21.2.